The van der Waals surface area contributed by atoms with Crippen molar-refractivity contribution in [1.82, 2.24) is 0 Å². The summed E-state index contributed by atoms with van der Waals surface area (Å²) in [5.74, 6) is -0.207. The second kappa shape index (κ2) is 7.48. The molecule has 2 aromatic carbocycles. The molecule has 21 heavy (non-hydrogen) atoms. The first-order chi connectivity index (χ1) is 10.1. The standard InChI is InChI=1S/C15H13Cl2F2NO/c16-12-8-11(9-13(17)14(12)21-15(18)19)20-7-6-10-4-2-1-3-5-10/h1-5,8-9,15,20H,6-7H2. The van der Waals surface area contributed by atoms with E-state index in [0.717, 1.165) is 6.42 Å². The Balaban J connectivity index is 1.98. The lowest BCUT2D eigenvalue weighted by Crippen LogP contribution is -2.06. The summed E-state index contributed by atoms with van der Waals surface area (Å²) in [5, 5.41) is 3.24. The fourth-order valence-electron chi connectivity index (χ4n) is 1.86. The average Bonchev–Trinajstić information content (AvgIpc) is 2.44. The summed E-state index contributed by atoms with van der Waals surface area (Å²) >= 11 is 11.8. The highest BCUT2D eigenvalue weighted by molar-refractivity contribution is 6.37. The van der Waals surface area contributed by atoms with Crippen molar-refractivity contribution in [3.8, 4) is 5.75 Å². The van der Waals surface area contributed by atoms with Crippen LogP contribution in [0.1, 0.15) is 5.56 Å². The number of halogens is 4. The predicted octanol–water partition coefficient (Wildman–Crippen LogP) is 5.25. The number of alkyl halides is 2. The van der Waals surface area contributed by atoms with E-state index in [1.807, 2.05) is 30.3 Å². The Hall–Kier alpha value is -1.52. The smallest absolute Gasteiger partial charge is 0.387 e. The Morgan fingerprint density at radius 1 is 1.05 bits per heavy atom. The molecule has 2 aromatic rings. The monoisotopic (exact) mass is 331 g/mol. The molecule has 0 saturated carbocycles. The maximum atomic E-state index is 12.2. The van der Waals surface area contributed by atoms with Crippen molar-refractivity contribution in [2.45, 2.75) is 13.0 Å². The van der Waals surface area contributed by atoms with Crippen molar-refractivity contribution in [3.05, 3.63) is 58.1 Å². The van der Waals surface area contributed by atoms with Crippen LogP contribution < -0.4 is 10.1 Å². The zero-order valence-electron chi connectivity index (χ0n) is 11.0. The van der Waals surface area contributed by atoms with E-state index in [1.165, 1.54) is 17.7 Å². The van der Waals surface area contributed by atoms with Crippen LogP contribution >= 0.6 is 23.2 Å². The van der Waals surface area contributed by atoms with Crippen LogP contribution in [0.15, 0.2) is 42.5 Å². The topological polar surface area (TPSA) is 21.3 Å². The predicted molar refractivity (Wildman–Crippen MR) is 81.7 cm³/mol. The number of nitrogens with one attached hydrogen (secondary N) is 1. The molecule has 0 aromatic heterocycles. The molecule has 1 N–H and O–H groups in total. The number of hydrogen-bond donors (Lipinski definition) is 1. The molecule has 0 aliphatic rings. The van der Waals surface area contributed by atoms with Gasteiger partial charge in [0, 0.05) is 12.2 Å². The lowest BCUT2D eigenvalue weighted by Gasteiger charge is -2.12. The second-order valence-electron chi connectivity index (χ2n) is 4.31. The molecule has 0 amide bonds. The van der Waals surface area contributed by atoms with Gasteiger partial charge in [0.1, 0.15) is 0 Å². The van der Waals surface area contributed by atoms with Crippen LogP contribution in [-0.4, -0.2) is 13.2 Å². The molecular formula is C15H13Cl2F2NO. The molecule has 2 rings (SSSR count). The molecule has 0 radical (unpaired) electrons. The van der Waals surface area contributed by atoms with Gasteiger partial charge in [0.05, 0.1) is 10.0 Å². The molecule has 2 nitrogen and oxygen atoms in total. The van der Waals surface area contributed by atoms with Crippen LogP contribution in [0.2, 0.25) is 10.0 Å². The highest BCUT2D eigenvalue weighted by Crippen LogP contribution is 2.36. The van der Waals surface area contributed by atoms with Gasteiger partial charge < -0.3 is 10.1 Å². The number of ether oxygens (including phenoxy) is 1. The van der Waals surface area contributed by atoms with E-state index in [0.29, 0.717) is 12.2 Å². The van der Waals surface area contributed by atoms with Crippen molar-refractivity contribution < 1.29 is 13.5 Å². The molecule has 0 atom stereocenters. The maximum Gasteiger partial charge on any atom is 0.387 e. The third-order valence-electron chi connectivity index (χ3n) is 2.79. The van der Waals surface area contributed by atoms with E-state index >= 15 is 0 Å². The minimum absolute atomic E-state index is 0.0463. The zero-order chi connectivity index (χ0) is 15.2. The van der Waals surface area contributed by atoms with Gasteiger partial charge in [-0.15, -0.1) is 0 Å². The van der Waals surface area contributed by atoms with Gasteiger partial charge in [-0.3, -0.25) is 0 Å². The summed E-state index contributed by atoms with van der Waals surface area (Å²) in [6.07, 6.45) is 0.825. The SMILES string of the molecule is FC(F)Oc1c(Cl)cc(NCCc2ccccc2)cc1Cl. The molecule has 0 heterocycles. The summed E-state index contributed by atoms with van der Waals surface area (Å²) < 4.78 is 28.7. The van der Waals surface area contributed by atoms with Crippen LogP contribution in [-0.2, 0) is 6.42 Å². The van der Waals surface area contributed by atoms with Gasteiger partial charge in [-0.2, -0.15) is 8.78 Å². The highest BCUT2D eigenvalue weighted by atomic mass is 35.5. The van der Waals surface area contributed by atoms with Gasteiger partial charge in [0.2, 0.25) is 0 Å². The molecule has 6 heteroatoms. The average molecular weight is 332 g/mol. The van der Waals surface area contributed by atoms with Crippen LogP contribution in [0.5, 0.6) is 5.75 Å². The Morgan fingerprint density at radius 2 is 1.67 bits per heavy atom. The van der Waals surface area contributed by atoms with Crippen molar-refractivity contribution in [2.24, 2.45) is 0 Å². The lowest BCUT2D eigenvalue weighted by atomic mass is 10.1. The molecule has 0 spiro atoms. The summed E-state index contributed by atoms with van der Waals surface area (Å²) in [4.78, 5) is 0. The molecule has 0 saturated heterocycles. The molecule has 0 fully saturated rings. The molecule has 112 valence electrons. The van der Waals surface area contributed by atoms with Crippen molar-refractivity contribution in [1.29, 1.82) is 0 Å². The van der Waals surface area contributed by atoms with E-state index in [4.69, 9.17) is 23.2 Å². The van der Waals surface area contributed by atoms with E-state index < -0.39 is 6.61 Å². The minimum Gasteiger partial charge on any atom is -0.432 e. The summed E-state index contributed by atoms with van der Waals surface area (Å²) in [6, 6.07) is 13.0. The van der Waals surface area contributed by atoms with Crippen molar-refractivity contribution >= 4 is 28.9 Å². The number of anilines is 1. The first-order valence-corrected chi connectivity index (χ1v) is 7.03. The fourth-order valence-corrected chi connectivity index (χ4v) is 2.44. The summed E-state index contributed by atoms with van der Waals surface area (Å²) in [5.41, 5.74) is 1.85. The fraction of sp³-hybridized carbons (Fsp3) is 0.200. The van der Waals surface area contributed by atoms with Crippen LogP contribution in [0, 0.1) is 0 Å². The summed E-state index contributed by atoms with van der Waals surface area (Å²) in [7, 11) is 0. The Labute approximate surface area is 131 Å². The zero-order valence-corrected chi connectivity index (χ0v) is 12.5. The van der Waals surface area contributed by atoms with Gasteiger partial charge in [0.15, 0.2) is 5.75 Å². The van der Waals surface area contributed by atoms with Gasteiger partial charge in [-0.05, 0) is 24.1 Å². The van der Waals surface area contributed by atoms with Crippen molar-refractivity contribution in [2.75, 3.05) is 11.9 Å². The van der Waals surface area contributed by atoms with E-state index in [-0.39, 0.29) is 15.8 Å². The number of rotatable bonds is 6. The molecule has 0 aliphatic heterocycles. The Bertz CT molecular complexity index is 570. The number of benzene rings is 2. The molecule has 0 unspecified atom stereocenters. The molecule has 0 aliphatic carbocycles. The van der Waals surface area contributed by atoms with E-state index in [2.05, 4.69) is 10.1 Å². The maximum absolute atomic E-state index is 12.2. The third kappa shape index (κ3) is 4.76. The van der Waals surface area contributed by atoms with Gasteiger partial charge in [-0.1, -0.05) is 53.5 Å². The lowest BCUT2D eigenvalue weighted by molar-refractivity contribution is -0.0497. The first kappa shape index (κ1) is 15.9. The van der Waals surface area contributed by atoms with Crippen LogP contribution in [0.3, 0.4) is 0 Å². The normalized spacial score (nSPS) is 10.7. The van der Waals surface area contributed by atoms with Gasteiger partial charge in [-0.25, -0.2) is 0 Å². The van der Waals surface area contributed by atoms with Gasteiger partial charge in [0.25, 0.3) is 0 Å². The Kier molecular flexibility index (Phi) is 5.65. The largest absolute Gasteiger partial charge is 0.432 e. The summed E-state index contributed by atoms with van der Waals surface area (Å²) in [6.45, 7) is -2.29. The van der Waals surface area contributed by atoms with E-state index in [1.54, 1.807) is 0 Å². The number of hydrogen-bond acceptors (Lipinski definition) is 2. The molecule has 0 bridgehead atoms. The van der Waals surface area contributed by atoms with Gasteiger partial charge >= 0.3 is 6.61 Å². The first-order valence-electron chi connectivity index (χ1n) is 6.28. The quantitative estimate of drug-likeness (QED) is 0.780. The van der Waals surface area contributed by atoms with Crippen molar-refractivity contribution in [3.63, 3.8) is 0 Å². The van der Waals surface area contributed by atoms with E-state index in [9.17, 15) is 8.78 Å². The minimum atomic E-state index is -2.96. The second-order valence-corrected chi connectivity index (χ2v) is 5.12. The Morgan fingerprint density at radius 3 is 2.24 bits per heavy atom. The van der Waals surface area contributed by atoms with Crippen LogP contribution in [0.25, 0.3) is 0 Å². The third-order valence-corrected chi connectivity index (χ3v) is 3.35. The van der Waals surface area contributed by atoms with Crippen LogP contribution in [0.4, 0.5) is 14.5 Å². The highest BCUT2D eigenvalue weighted by Gasteiger charge is 2.14. The molecular weight excluding hydrogens is 319 g/mol.